The molecule has 2 aliphatic heterocycles. The van der Waals surface area contributed by atoms with Gasteiger partial charge in [-0.3, -0.25) is 9.59 Å². The number of phenolic OH excluding ortho intramolecular Hbond substituents is 2. The summed E-state index contributed by atoms with van der Waals surface area (Å²) in [5, 5.41) is 35.4. The number of hydrogen-bond donors (Lipinski definition) is 3. The molecule has 72 heavy (non-hydrogen) atoms. The van der Waals surface area contributed by atoms with Crippen molar-refractivity contribution in [3.63, 3.8) is 0 Å². The summed E-state index contributed by atoms with van der Waals surface area (Å²) in [4.78, 5) is 55.2. The standard InChI is InChI=1S/C26H21ClFN3O4S.C25H19ClFN3O4S.CH4/c1-3-21(33)30-8-9-31(20(13-30)26(34)35-2)25-18-12-19(27)22(23(28)24(18)29-36-25)17-11-15(32)10-14-6-4-5-7-16(14)17;1-2-20(32)29-7-8-30(19(12-29)25(33)34)24-17-11-18(26)21(22(27)23(17)28-35-24)16-10-14(31)9-13-5-3-4-6-15(13)16;/h3-7,10-12,20,32H,1,8-9,13H2,2H3;2-6,9-11,19,31H,1,7-8,12H2,(H,33,34);1H4. The van der Waals surface area contributed by atoms with Crippen molar-refractivity contribution in [2.45, 2.75) is 19.5 Å². The maximum Gasteiger partial charge on any atom is 0.330 e. The fourth-order valence-corrected chi connectivity index (χ4v) is 11.6. The number of amides is 2. The third-order valence-corrected chi connectivity index (χ3v) is 14.9. The molecule has 2 atom stereocenters. The van der Waals surface area contributed by atoms with E-state index < -0.39 is 35.7 Å². The van der Waals surface area contributed by atoms with Crippen LogP contribution in [0.1, 0.15) is 7.43 Å². The highest BCUT2D eigenvalue weighted by Crippen LogP contribution is 2.46. The molecule has 10 rings (SSSR count). The number of benzene rings is 6. The van der Waals surface area contributed by atoms with Gasteiger partial charge in [-0.15, -0.1) is 0 Å². The van der Waals surface area contributed by atoms with Gasteiger partial charge in [-0.2, -0.15) is 8.75 Å². The first-order valence-corrected chi connectivity index (χ1v) is 24.1. The van der Waals surface area contributed by atoms with Crippen molar-refractivity contribution in [1.82, 2.24) is 18.5 Å². The number of aliphatic carboxylic acids is 1. The maximum absolute atomic E-state index is 16.0. The van der Waals surface area contributed by atoms with Gasteiger partial charge >= 0.3 is 11.9 Å². The Morgan fingerprint density at radius 3 is 1.50 bits per heavy atom. The minimum absolute atomic E-state index is 0. The zero-order valence-corrected chi connectivity index (χ0v) is 40.6. The quantitative estimate of drug-likeness (QED) is 0.0971. The maximum atomic E-state index is 16.0. The lowest BCUT2D eigenvalue weighted by Gasteiger charge is -2.40. The molecule has 3 N–H and O–H groups in total. The van der Waals surface area contributed by atoms with Gasteiger partial charge in [0.05, 0.1) is 30.2 Å². The molecular weight excluding hydrogens is 1010 g/mol. The number of nitrogens with zero attached hydrogens (tertiary/aromatic N) is 6. The summed E-state index contributed by atoms with van der Waals surface area (Å²) in [6.45, 7) is 8.21. The predicted octanol–water partition coefficient (Wildman–Crippen LogP) is 10.5. The van der Waals surface area contributed by atoms with Gasteiger partial charge < -0.3 is 39.7 Å². The summed E-state index contributed by atoms with van der Waals surface area (Å²) < 4.78 is 45.6. The van der Waals surface area contributed by atoms with E-state index in [1.54, 1.807) is 34.1 Å². The van der Waals surface area contributed by atoms with Crippen LogP contribution in [0.3, 0.4) is 0 Å². The van der Waals surface area contributed by atoms with Gasteiger partial charge in [0.25, 0.3) is 0 Å². The summed E-state index contributed by atoms with van der Waals surface area (Å²) in [6, 6.07) is 22.1. The van der Waals surface area contributed by atoms with E-state index in [2.05, 4.69) is 21.9 Å². The molecule has 8 aromatic rings. The molecule has 2 fully saturated rings. The highest BCUT2D eigenvalue weighted by Gasteiger charge is 2.38. The number of rotatable bonds is 8. The van der Waals surface area contributed by atoms with Crippen LogP contribution < -0.4 is 9.80 Å². The highest BCUT2D eigenvalue weighted by molar-refractivity contribution is 7.12. The van der Waals surface area contributed by atoms with Crippen molar-refractivity contribution in [3.8, 4) is 33.8 Å². The zero-order valence-electron chi connectivity index (χ0n) is 37.4. The van der Waals surface area contributed by atoms with Gasteiger partial charge in [0, 0.05) is 48.1 Å². The van der Waals surface area contributed by atoms with E-state index in [1.165, 1.54) is 35.1 Å². The number of ether oxygens (including phenoxy) is 1. The number of carbonyl (C=O) groups is 4. The molecule has 20 heteroatoms. The van der Waals surface area contributed by atoms with Gasteiger partial charge in [0.15, 0.2) is 11.6 Å². The Labute approximate surface area is 429 Å². The van der Waals surface area contributed by atoms with Gasteiger partial charge in [-0.1, -0.05) is 92.3 Å². The smallest absolute Gasteiger partial charge is 0.330 e. The average molecular weight is 1050 g/mol. The van der Waals surface area contributed by atoms with Crippen LogP contribution in [0, 0.1) is 11.6 Å². The second-order valence-electron chi connectivity index (χ2n) is 16.5. The largest absolute Gasteiger partial charge is 0.508 e. The van der Waals surface area contributed by atoms with Crippen molar-refractivity contribution in [1.29, 1.82) is 0 Å². The molecule has 0 spiro atoms. The molecule has 370 valence electrons. The number of phenols is 2. The lowest BCUT2D eigenvalue weighted by molar-refractivity contribution is -0.144. The topological polar surface area (TPSA) is 177 Å². The van der Waals surface area contributed by atoms with Crippen molar-refractivity contribution in [2.75, 3.05) is 56.2 Å². The Morgan fingerprint density at radius 2 is 1.08 bits per heavy atom. The van der Waals surface area contributed by atoms with E-state index in [4.69, 9.17) is 27.9 Å². The van der Waals surface area contributed by atoms with E-state index in [-0.39, 0.29) is 89.1 Å². The summed E-state index contributed by atoms with van der Waals surface area (Å²) in [7, 11) is 1.28. The van der Waals surface area contributed by atoms with Crippen LogP contribution in [-0.2, 0) is 23.9 Å². The number of aromatic nitrogens is 2. The molecule has 0 bridgehead atoms. The average Bonchev–Trinajstić information content (AvgIpc) is 4.00. The Balaban J connectivity index is 0.000000190. The Kier molecular flexibility index (Phi) is 14.7. The lowest BCUT2D eigenvalue weighted by atomic mass is 9.96. The van der Waals surface area contributed by atoms with Crippen LogP contribution >= 0.6 is 46.3 Å². The van der Waals surface area contributed by atoms with Crippen molar-refractivity contribution >= 4 is 123 Å². The number of esters is 1. The Bertz CT molecular complexity index is 3520. The second-order valence-corrected chi connectivity index (χ2v) is 18.9. The monoisotopic (exact) mass is 1050 g/mol. The van der Waals surface area contributed by atoms with Crippen LogP contribution in [0.15, 0.2) is 110 Å². The molecule has 0 radical (unpaired) electrons. The number of anilines is 2. The molecule has 6 aromatic carbocycles. The first kappa shape index (κ1) is 51.0. The number of hydrogen-bond acceptors (Lipinski definition) is 13. The fraction of sp³-hybridized carbons (Fsp3) is 0.192. The van der Waals surface area contributed by atoms with E-state index in [0.29, 0.717) is 45.0 Å². The van der Waals surface area contributed by atoms with Crippen LogP contribution in [0.25, 0.3) is 65.6 Å². The van der Waals surface area contributed by atoms with Crippen LogP contribution in [-0.4, -0.2) is 116 Å². The van der Waals surface area contributed by atoms with E-state index in [1.807, 2.05) is 48.5 Å². The number of carbonyl (C=O) groups excluding carboxylic acids is 3. The number of methoxy groups -OCH3 is 1. The van der Waals surface area contributed by atoms with Crippen LogP contribution in [0.5, 0.6) is 11.5 Å². The van der Waals surface area contributed by atoms with Gasteiger partial charge in [0.1, 0.15) is 44.6 Å². The summed E-state index contributed by atoms with van der Waals surface area (Å²) in [5.41, 5.74) is 1.30. The normalized spacial score (nSPS) is 15.8. The Morgan fingerprint density at radius 1 is 0.667 bits per heavy atom. The summed E-state index contributed by atoms with van der Waals surface area (Å²) in [5.74, 6) is -3.56. The number of halogens is 4. The summed E-state index contributed by atoms with van der Waals surface area (Å²) in [6.07, 6.45) is 2.35. The molecule has 2 aromatic heterocycles. The molecule has 0 aliphatic carbocycles. The summed E-state index contributed by atoms with van der Waals surface area (Å²) >= 11 is 15.3. The van der Waals surface area contributed by atoms with Crippen molar-refractivity contribution in [3.05, 3.63) is 132 Å². The molecule has 0 saturated carbocycles. The first-order chi connectivity index (χ1) is 34.1. The highest BCUT2D eigenvalue weighted by atomic mass is 35.5. The van der Waals surface area contributed by atoms with Crippen molar-refractivity contribution in [2.24, 2.45) is 0 Å². The molecule has 14 nitrogen and oxygen atoms in total. The van der Waals surface area contributed by atoms with Crippen LogP contribution in [0.4, 0.5) is 18.8 Å². The SMILES string of the molecule is C.C=CC(=O)N1CCN(c2snc3c(F)c(-c4cc(O)cc5ccccc45)c(Cl)cc23)C(C(=O)O)C1.C=CC(=O)N1CCN(c2snc3c(F)c(-c4cc(O)cc5ccccc45)c(Cl)cc23)C(C(=O)OC)C1. The zero-order chi connectivity index (χ0) is 50.4. The van der Waals surface area contributed by atoms with E-state index >= 15 is 8.78 Å². The predicted molar refractivity (Wildman–Crippen MR) is 281 cm³/mol. The van der Waals surface area contributed by atoms with Crippen LogP contribution in [0.2, 0.25) is 10.0 Å². The number of aromatic hydroxyl groups is 2. The molecular formula is C52H44Cl2F2N6O8S2. The van der Waals surface area contributed by atoms with E-state index in [9.17, 15) is 34.5 Å². The fourth-order valence-electron chi connectivity index (χ4n) is 9.17. The lowest BCUT2D eigenvalue weighted by Crippen LogP contribution is -2.58. The minimum Gasteiger partial charge on any atom is -0.508 e. The molecule has 2 unspecified atom stereocenters. The molecule has 2 saturated heterocycles. The number of fused-ring (bicyclic) bond motifs is 4. The van der Waals surface area contributed by atoms with Gasteiger partial charge in [0.2, 0.25) is 11.8 Å². The van der Waals surface area contributed by atoms with Crippen molar-refractivity contribution < 1.29 is 48.0 Å². The van der Waals surface area contributed by atoms with E-state index in [0.717, 1.165) is 50.7 Å². The van der Waals surface area contributed by atoms with Gasteiger partial charge in [-0.25, -0.2) is 18.4 Å². The Hall–Kier alpha value is -7.38. The third kappa shape index (κ3) is 9.22. The molecule has 2 aliphatic rings. The second kappa shape index (κ2) is 20.8. The number of carboxylic acid groups (broad SMARTS) is 1. The first-order valence-electron chi connectivity index (χ1n) is 21.8. The molecule has 4 heterocycles. The number of piperazine rings is 2. The van der Waals surface area contributed by atoms with Gasteiger partial charge in [-0.05, 0) is 104 Å². The molecule has 2 amide bonds. The third-order valence-electron chi connectivity index (χ3n) is 12.5. The minimum atomic E-state index is -1.11. The number of carboxylic acids is 1.